The summed E-state index contributed by atoms with van der Waals surface area (Å²) < 4.78 is 5.71. The van der Waals surface area contributed by atoms with Gasteiger partial charge >= 0.3 is 0 Å². The van der Waals surface area contributed by atoms with Crippen molar-refractivity contribution in [1.29, 1.82) is 0 Å². The van der Waals surface area contributed by atoms with Crippen LogP contribution in [0, 0.1) is 6.92 Å². The largest absolute Gasteiger partial charge is 0.397 e. The lowest BCUT2D eigenvalue weighted by molar-refractivity contribution is 0.0314. The van der Waals surface area contributed by atoms with Crippen molar-refractivity contribution < 1.29 is 4.74 Å². The van der Waals surface area contributed by atoms with E-state index in [9.17, 15) is 0 Å². The predicted octanol–water partition coefficient (Wildman–Crippen LogP) is 1.95. The fourth-order valence-electron chi connectivity index (χ4n) is 2.03. The molecule has 88 valence electrons. The fraction of sp³-hybridized carbons (Fsp3) is 0.583. The van der Waals surface area contributed by atoms with Gasteiger partial charge in [-0.15, -0.1) is 0 Å². The molecule has 0 amide bonds. The van der Waals surface area contributed by atoms with Gasteiger partial charge in [-0.2, -0.15) is 0 Å². The highest BCUT2D eigenvalue weighted by Crippen LogP contribution is 2.25. The Labute approximate surface area is 96.2 Å². The van der Waals surface area contributed by atoms with Crippen LogP contribution >= 0.6 is 0 Å². The van der Waals surface area contributed by atoms with E-state index in [2.05, 4.69) is 17.2 Å². The van der Waals surface area contributed by atoms with E-state index >= 15 is 0 Å². The van der Waals surface area contributed by atoms with Crippen molar-refractivity contribution in [3.8, 4) is 0 Å². The highest BCUT2D eigenvalue weighted by molar-refractivity contribution is 5.50. The van der Waals surface area contributed by atoms with Gasteiger partial charge in [0.25, 0.3) is 0 Å². The van der Waals surface area contributed by atoms with Crippen LogP contribution in [0.3, 0.4) is 0 Å². The number of hydrogen-bond donors (Lipinski definition) is 2. The first-order valence-electron chi connectivity index (χ1n) is 5.69. The lowest BCUT2D eigenvalue weighted by Crippen LogP contribution is -2.32. The topological polar surface area (TPSA) is 60.2 Å². The Balaban J connectivity index is 1.99. The lowest BCUT2D eigenvalue weighted by Gasteiger charge is -2.24. The Bertz CT molecular complexity index is 373. The van der Waals surface area contributed by atoms with Crippen molar-refractivity contribution >= 4 is 11.5 Å². The summed E-state index contributed by atoms with van der Waals surface area (Å²) in [6.45, 7) is 5.81. The minimum Gasteiger partial charge on any atom is -0.397 e. The van der Waals surface area contributed by atoms with Gasteiger partial charge in [0.1, 0.15) is 5.82 Å². The van der Waals surface area contributed by atoms with Crippen molar-refractivity contribution in [3.05, 3.63) is 17.8 Å². The number of nitrogens with zero attached hydrogens (tertiary/aromatic N) is 1. The monoisotopic (exact) mass is 221 g/mol. The zero-order valence-corrected chi connectivity index (χ0v) is 9.92. The van der Waals surface area contributed by atoms with E-state index in [4.69, 9.17) is 10.5 Å². The molecule has 2 heterocycles. The number of aromatic nitrogens is 1. The van der Waals surface area contributed by atoms with Crippen LogP contribution in [-0.2, 0) is 4.74 Å². The molecule has 1 fully saturated rings. The Hall–Kier alpha value is -1.29. The Morgan fingerprint density at radius 3 is 3.06 bits per heavy atom. The summed E-state index contributed by atoms with van der Waals surface area (Å²) in [5, 5.41) is 3.33. The number of anilines is 2. The number of nitrogen functional groups attached to an aromatic ring is 1. The standard InChI is InChI=1S/C12H19N3O/c1-9-6-10(13)7-14-11(9)15-8-12(2)4-3-5-16-12/h6-7H,3-5,8,13H2,1-2H3,(H,14,15). The molecular weight excluding hydrogens is 202 g/mol. The minimum absolute atomic E-state index is 0.0461. The Kier molecular flexibility index (Phi) is 3.01. The molecule has 2 rings (SSSR count). The predicted molar refractivity (Wildman–Crippen MR) is 65.5 cm³/mol. The van der Waals surface area contributed by atoms with E-state index in [0.29, 0.717) is 5.69 Å². The molecule has 1 saturated heterocycles. The third-order valence-electron chi connectivity index (χ3n) is 3.03. The summed E-state index contributed by atoms with van der Waals surface area (Å²) in [4.78, 5) is 4.28. The summed E-state index contributed by atoms with van der Waals surface area (Å²) in [5.41, 5.74) is 7.38. The molecule has 4 nitrogen and oxygen atoms in total. The zero-order chi connectivity index (χ0) is 11.6. The van der Waals surface area contributed by atoms with Gasteiger partial charge < -0.3 is 15.8 Å². The Morgan fingerprint density at radius 2 is 2.44 bits per heavy atom. The number of pyridine rings is 1. The van der Waals surface area contributed by atoms with Crippen LogP contribution in [-0.4, -0.2) is 23.7 Å². The zero-order valence-electron chi connectivity index (χ0n) is 9.92. The first kappa shape index (κ1) is 11.2. The molecule has 1 aromatic heterocycles. The molecule has 0 spiro atoms. The van der Waals surface area contributed by atoms with Crippen molar-refractivity contribution in [3.63, 3.8) is 0 Å². The second kappa shape index (κ2) is 4.29. The van der Waals surface area contributed by atoms with E-state index < -0.39 is 0 Å². The van der Waals surface area contributed by atoms with Crippen LogP contribution in [0.25, 0.3) is 0 Å². The van der Waals surface area contributed by atoms with E-state index in [1.165, 1.54) is 0 Å². The number of aryl methyl sites for hydroxylation is 1. The smallest absolute Gasteiger partial charge is 0.129 e. The molecule has 0 radical (unpaired) electrons. The van der Waals surface area contributed by atoms with E-state index in [1.54, 1.807) is 6.20 Å². The van der Waals surface area contributed by atoms with Crippen LogP contribution in [0.15, 0.2) is 12.3 Å². The number of nitrogens with two attached hydrogens (primary N) is 1. The third kappa shape index (κ3) is 2.44. The van der Waals surface area contributed by atoms with E-state index in [0.717, 1.165) is 37.4 Å². The second-order valence-electron chi connectivity index (χ2n) is 4.69. The molecule has 0 aromatic carbocycles. The number of hydrogen-bond acceptors (Lipinski definition) is 4. The molecule has 0 aliphatic carbocycles. The van der Waals surface area contributed by atoms with Crippen molar-refractivity contribution in [2.75, 3.05) is 24.2 Å². The van der Waals surface area contributed by atoms with Crippen LogP contribution in [0.1, 0.15) is 25.3 Å². The maximum absolute atomic E-state index is 5.71. The summed E-state index contributed by atoms with van der Waals surface area (Å²) in [6.07, 6.45) is 3.92. The van der Waals surface area contributed by atoms with Crippen LogP contribution < -0.4 is 11.1 Å². The van der Waals surface area contributed by atoms with Crippen LogP contribution in [0.5, 0.6) is 0 Å². The SMILES string of the molecule is Cc1cc(N)cnc1NCC1(C)CCCO1. The molecule has 1 aromatic rings. The highest BCUT2D eigenvalue weighted by atomic mass is 16.5. The third-order valence-corrected chi connectivity index (χ3v) is 3.03. The minimum atomic E-state index is -0.0461. The van der Waals surface area contributed by atoms with Crippen LogP contribution in [0.2, 0.25) is 0 Å². The van der Waals surface area contributed by atoms with Crippen molar-refractivity contribution in [1.82, 2.24) is 4.98 Å². The first-order chi connectivity index (χ1) is 7.59. The number of nitrogens with one attached hydrogen (secondary N) is 1. The molecule has 3 N–H and O–H groups in total. The van der Waals surface area contributed by atoms with E-state index in [1.807, 2.05) is 13.0 Å². The summed E-state index contributed by atoms with van der Waals surface area (Å²) in [6, 6.07) is 1.92. The van der Waals surface area contributed by atoms with Gasteiger partial charge in [0.05, 0.1) is 17.5 Å². The molecular formula is C12H19N3O. The summed E-state index contributed by atoms with van der Waals surface area (Å²) >= 11 is 0. The Morgan fingerprint density at radius 1 is 1.62 bits per heavy atom. The van der Waals surface area contributed by atoms with Gasteiger partial charge in [-0.25, -0.2) is 4.98 Å². The molecule has 1 atom stereocenters. The van der Waals surface area contributed by atoms with Gasteiger partial charge in [-0.1, -0.05) is 0 Å². The van der Waals surface area contributed by atoms with Gasteiger partial charge in [-0.05, 0) is 38.3 Å². The van der Waals surface area contributed by atoms with E-state index in [-0.39, 0.29) is 5.60 Å². The molecule has 1 aliphatic rings. The molecule has 1 unspecified atom stereocenters. The number of ether oxygens (including phenoxy) is 1. The maximum atomic E-state index is 5.71. The second-order valence-corrected chi connectivity index (χ2v) is 4.69. The molecule has 4 heteroatoms. The highest BCUT2D eigenvalue weighted by Gasteiger charge is 2.29. The normalized spacial score (nSPS) is 24.6. The molecule has 1 aliphatic heterocycles. The maximum Gasteiger partial charge on any atom is 0.129 e. The molecule has 0 saturated carbocycles. The molecule has 16 heavy (non-hydrogen) atoms. The van der Waals surface area contributed by atoms with Crippen LogP contribution in [0.4, 0.5) is 11.5 Å². The first-order valence-corrected chi connectivity index (χ1v) is 5.69. The lowest BCUT2D eigenvalue weighted by atomic mass is 10.0. The summed E-state index contributed by atoms with van der Waals surface area (Å²) in [5.74, 6) is 0.894. The average Bonchev–Trinajstić information content (AvgIpc) is 2.64. The van der Waals surface area contributed by atoms with Gasteiger partial charge in [-0.3, -0.25) is 0 Å². The molecule has 0 bridgehead atoms. The van der Waals surface area contributed by atoms with Crippen molar-refractivity contribution in [2.24, 2.45) is 0 Å². The quantitative estimate of drug-likeness (QED) is 0.819. The van der Waals surface area contributed by atoms with Gasteiger partial charge in [0.2, 0.25) is 0 Å². The average molecular weight is 221 g/mol. The van der Waals surface area contributed by atoms with Gasteiger partial charge in [0.15, 0.2) is 0 Å². The van der Waals surface area contributed by atoms with Gasteiger partial charge in [0, 0.05) is 13.2 Å². The number of rotatable bonds is 3. The summed E-state index contributed by atoms with van der Waals surface area (Å²) in [7, 11) is 0. The fourth-order valence-corrected chi connectivity index (χ4v) is 2.03. The van der Waals surface area contributed by atoms with Crippen molar-refractivity contribution in [2.45, 2.75) is 32.3 Å².